The molecule has 3 aromatic rings. The van der Waals surface area contributed by atoms with Gasteiger partial charge in [0.2, 0.25) is 5.91 Å². The molecular weight excluding hydrogens is 398 g/mol. The average molecular weight is 424 g/mol. The molecule has 4 rings (SSSR count). The lowest BCUT2D eigenvalue weighted by Gasteiger charge is -2.13. The molecule has 0 unspecified atom stereocenters. The summed E-state index contributed by atoms with van der Waals surface area (Å²) in [6.07, 6.45) is 6.52. The second-order valence-corrected chi connectivity index (χ2v) is 8.60. The molecule has 0 aliphatic heterocycles. The van der Waals surface area contributed by atoms with Gasteiger partial charge in [-0.1, -0.05) is 23.9 Å². The number of ether oxygens (including phenoxy) is 1. The molecule has 0 saturated heterocycles. The first-order chi connectivity index (χ1) is 14.7. The van der Waals surface area contributed by atoms with Crippen molar-refractivity contribution in [2.45, 2.75) is 42.6 Å². The number of methoxy groups -OCH3 is 1. The average Bonchev–Trinajstić information content (AvgIpc) is 3.54. The van der Waals surface area contributed by atoms with Gasteiger partial charge in [0, 0.05) is 30.5 Å². The van der Waals surface area contributed by atoms with Crippen LogP contribution in [-0.2, 0) is 11.2 Å². The molecule has 1 amide bonds. The minimum atomic E-state index is -0.257. The molecule has 8 heteroatoms. The fraction of sp³-hybridized carbons (Fsp3) is 0.364. The van der Waals surface area contributed by atoms with E-state index >= 15 is 0 Å². The van der Waals surface area contributed by atoms with E-state index in [9.17, 15) is 4.79 Å². The molecule has 2 heterocycles. The van der Waals surface area contributed by atoms with Crippen LogP contribution in [0.1, 0.15) is 31.4 Å². The van der Waals surface area contributed by atoms with Gasteiger partial charge in [-0.05, 0) is 56.0 Å². The highest BCUT2D eigenvalue weighted by molar-refractivity contribution is 8.00. The number of amides is 1. The SMILES string of the molecule is COc1ccc(CCNC(=O)[C@H](C)Sc2nnc(-c3ccncc3)n2C2CC2)cc1. The van der Waals surface area contributed by atoms with Crippen LogP contribution < -0.4 is 10.1 Å². The number of hydrogen-bond donors (Lipinski definition) is 1. The molecular formula is C22H25N5O2S. The first-order valence-electron chi connectivity index (χ1n) is 10.1. The number of carbonyl (C=O) groups is 1. The van der Waals surface area contributed by atoms with Gasteiger partial charge in [-0.15, -0.1) is 10.2 Å². The van der Waals surface area contributed by atoms with Crippen molar-refractivity contribution >= 4 is 17.7 Å². The maximum absolute atomic E-state index is 12.6. The summed E-state index contributed by atoms with van der Waals surface area (Å²) < 4.78 is 7.34. The zero-order valence-corrected chi connectivity index (χ0v) is 17.9. The van der Waals surface area contributed by atoms with Gasteiger partial charge in [0.1, 0.15) is 5.75 Å². The predicted molar refractivity (Wildman–Crippen MR) is 117 cm³/mol. The van der Waals surface area contributed by atoms with Crippen molar-refractivity contribution in [1.29, 1.82) is 0 Å². The fourth-order valence-electron chi connectivity index (χ4n) is 3.19. The first kappa shape index (κ1) is 20.4. The number of aromatic nitrogens is 4. The summed E-state index contributed by atoms with van der Waals surface area (Å²) in [6.45, 7) is 2.50. The molecule has 1 saturated carbocycles. The summed E-state index contributed by atoms with van der Waals surface area (Å²) in [6, 6.07) is 12.2. The minimum absolute atomic E-state index is 0.00400. The third-order valence-electron chi connectivity index (χ3n) is 5.04. The Hall–Kier alpha value is -2.87. The Morgan fingerprint density at radius 1 is 1.20 bits per heavy atom. The topological polar surface area (TPSA) is 81.9 Å². The van der Waals surface area contributed by atoms with Gasteiger partial charge in [0.15, 0.2) is 11.0 Å². The third-order valence-corrected chi connectivity index (χ3v) is 6.10. The van der Waals surface area contributed by atoms with Crippen LogP contribution in [-0.4, -0.2) is 44.6 Å². The summed E-state index contributed by atoms with van der Waals surface area (Å²) in [7, 11) is 1.65. The molecule has 2 aromatic heterocycles. The smallest absolute Gasteiger partial charge is 0.233 e. The molecule has 1 atom stereocenters. The van der Waals surface area contributed by atoms with Crippen LogP contribution in [0.3, 0.4) is 0 Å². The Kier molecular flexibility index (Phi) is 6.32. The fourth-order valence-corrected chi connectivity index (χ4v) is 4.14. The Bertz CT molecular complexity index is 987. The molecule has 1 aliphatic carbocycles. The van der Waals surface area contributed by atoms with Gasteiger partial charge < -0.3 is 10.1 Å². The van der Waals surface area contributed by atoms with Gasteiger partial charge in [-0.2, -0.15) is 0 Å². The number of hydrogen-bond acceptors (Lipinski definition) is 6. The van der Waals surface area contributed by atoms with Crippen LogP contribution in [0.25, 0.3) is 11.4 Å². The number of rotatable bonds is 9. The van der Waals surface area contributed by atoms with Gasteiger partial charge in [0.25, 0.3) is 0 Å². The molecule has 156 valence electrons. The zero-order chi connectivity index (χ0) is 20.9. The van der Waals surface area contributed by atoms with Crippen molar-refractivity contribution in [3.05, 3.63) is 54.4 Å². The highest BCUT2D eigenvalue weighted by atomic mass is 32.2. The Morgan fingerprint density at radius 2 is 1.93 bits per heavy atom. The Labute approximate surface area is 180 Å². The van der Waals surface area contributed by atoms with Crippen LogP contribution in [0.5, 0.6) is 5.75 Å². The first-order valence-corrected chi connectivity index (χ1v) is 11.0. The summed E-state index contributed by atoms with van der Waals surface area (Å²) in [5, 5.41) is 12.3. The largest absolute Gasteiger partial charge is 0.497 e. The van der Waals surface area contributed by atoms with Gasteiger partial charge >= 0.3 is 0 Å². The summed E-state index contributed by atoms with van der Waals surface area (Å²) in [5.41, 5.74) is 2.15. The molecule has 0 bridgehead atoms. The Morgan fingerprint density at radius 3 is 2.60 bits per heavy atom. The van der Waals surface area contributed by atoms with Crippen molar-refractivity contribution < 1.29 is 9.53 Å². The van der Waals surface area contributed by atoms with Crippen molar-refractivity contribution in [2.75, 3.05) is 13.7 Å². The lowest BCUT2D eigenvalue weighted by molar-refractivity contribution is -0.120. The molecule has 1 aliphatic rings. The van der Waals surface area contributed by atoms with Crippen LogP contribution in [0.2, 0.25) is 0 Å². The number of nitrogens with one attached hydrogen (secondary N) is 1. The van der Waals surface area contributed by atoms with E-state index < -0.39 is 0 Å². The molecule has 7 nitrogen and oxygen atoms in total. The van der Waals surface area contributed by atoms with Gasteiger partial charge in [-0.3, -0.25) is 14.3 Å². The van der Waals surface area contributed by atoms with Crippen molar-refractivity contribution in [3.63, 3.8) is 0 Å². The third kappa shape index (κ3) is 4.81. The second kappa shape index (κ2) is 9.30. The number of carbonyl (C=O) groups excluding carboxylic acids is 1. The van der Waals surface area contributed by atoms with E-state index in [0.717, 1.165) is 47.1 Å². The summed E-state index contributed by atoms with van der Waals surface area (Å²) >= 11 is 1.46. The molecule has 1 N–H and O–H groups in total. The van der Waals surface area contributed by atoms with Gasteiger partial charge in [0.05, 0.1) is 12.4 Å². The van der Waals surface area contributed by atoms with E-state index in [0.29, 0.717) is 12.6 Å². The zero-order valence-electron chi connectivity index (χ0n) is 17.1. The lowest BCUT2D eigenvalue weighted by Crippen LogP contribution is -2.32. The molecule has 1 aromatic carbocycles. The maximum atomic E-state index is 12.6. The van der Waals surface area contributed by atoms with E-state index in [1.807, 2.05) is 43.3 Å². The van der Waals surface area contributed by atoms with Crippen molar-refractivity contribution in [2.24, 2.45) is 0 Å². The molecule has 0 radical (unpaired) electrons. The minimum Gasteiger partial charge on any atom is -0.497 e. The highest BCUT2D eigenvalue weighted by Gasteiger charge is 2.31. The predicted octanol–water partition coefficient (Wildman–Crippen LogP) is 3.52. The molecule has 30 heavy (non-hydrogen) atoms. The van der Waals surface area contributed by atoms with E-state index in [1.165, 1.54) is 11.8 Å². The second-order valence-electron chi connectivity index (χ2n) is 7.29. The molecule has 0 spiro atoms. The normalized spacial score (nSPS) is 14.3. The highest BCUT2D eigenvalue weighted by Crippen LogP contribution is 2.41. The van der Waals surface area contributed by atoms with E-state index in [1.54, 1.807) is 19.5 Å². The van der Waals surface area contributed by atoms with Crippen LogP contribution in [0, 0.1) is 0 Å². The molecule has 1 fully saturated rings. The van der Waals surface area contributed by atoms with Crippen LogP contribution >= 0.6 is 11.8 Å². The van der Waals surface area contributed by atoms with E-state index in [2.05, 4.69) is 25.1 Å². The van der Waals surface area contributed by atoms with Crippen LogP contribution in [0.15, 0.2) is 53.9 Å². The summed E-state index contributed by atoms with van der Waals surface area (Å²) in [5.74, 6) is 1.68. The number of thioether (sulfide) groups is 1. The standard InChI is InChI=1S/C22H25N5O2S/c1-15(21(28)24-14-9-16-3-7-19(29-2)8-4-16)30-22-26-25-20(27(22)18-5-6-18)17-10-12-23-13-11-17/h3-4,7-8,10-13,15,18H,5-6,9,14H2,1-2H3,(H,24,28)/t15-/m0/s1. The van der Waals surface area contributed by atoms with Crippen molar-refractivity contribution in [1.82, 2.24) is 25.1 Å². The maximum Gasteiger partial charge on any atom is 0.233 e. The number of nitrogens with zero attached hydrogens (tertiary/aromatic N) is 4. The van der Waals surface area contributed by atoms with Crippen LogP contribution in [0.4, 0.5) is 0 Å². The number of benzene rings is 1. The Balaban J connectivity index is 1.35. The summed E-state index contributed by atoms with van der Waals surface area (Å²) in [4.78, 5) is 16.7. The van der Waals surface area contributed by atoms with E-state index in [4.69, 9.17) is 4.74 Å². The lowest BCUT2D eigenvalue weighted by atomic mass is 10.1. The van der Waals surface area contributed by atoms with E-state index in [-0.39, 0.29) is 11.2 Å². The van der Waals surface area contributed by atoms with Crippen molar-refractivity contribution in [3.8, 4) is 17.1 Å². The quantitative estimate of drug-likeness (QED) is 0.530. The van der Waals surface area contributed by atoms with Gasteiger partial charge in [-0.25, -0.2) is 0 Å². The number of pyridine rings is 1. The monoisotopic (exact) mass is 423 g/mol.